The van der Waals surface area contributed by atoms with Gasteiger partial charge >= 0.3 is 0 Å². The first-order valence-corrected chi connectivity index (χ1v) is 8.47. The normalized spacial score (nSPS) is 21.2. The molecular weight excluding hydrogens is 310 g/mol. The van der Waals surface area contributed by atoms with Crippen LogP contribution < -0.4 is 10.7 Å². The van der Waals surface area contributed by atoms with Crippen molar-refractivity contribution in [3.05, 3.63) is 29.3 Å². The van der Waals surface area contributed by atoms with Crippen molar-refractivity contribution in [1.29, 1.82) is 0 Å². The molecule has 2 N–H and O–H groups in total. The van der Waals surface area contributed by atoms with Gasteiger partial charge in [-0.3, -0.25) is 9.59 Å². The van der Waals surface area contributed by atoms with Crippen molar-refractivity contribution >= 4 is 35.2 Å². The molecule has 0 spiro atoms. The van der Waals surface area contributed by atoms with Crippen LogP contribution in [0.3, 0.4) is 0 Å². The minimum atomic E-state index is -0.403. The highest BCUT2D eigenvalue weighted by Crippen LogP contribution is 2.32. The maximum Gasteiger partial charge on any atom is 0.280 e. The van der Waals surface area contributed by atoms with E-state index in [4.69, 9.17) is 0 Å². The summed E-state index contributed by atoms with van der Waals surface area (Å²) >= 11 is 3.83. The van der Waals surface area contributed by atoms with Gasteiger partial charge in [-0.2, -0.15) is 5.10 Å². The molecule has 2 amide bonds. The quantitative estimate of drug-likeness (QED) is 0.741. The number of carbonyl (C=O) groups is 2. The summed E-state index contributed by atoms with van der Waals surface area (Å²) < 4.78 is 0. The van der Waals surface area contributed by atoms with Gasteiger partial charge in [-0.15, -0.1) is 0 Å². The van der Waals surface area contributed by atoms with Crippen molar-refractivity contribution in [2.45, 2.75) is 39.0 Å². The maximum absolute atomic E-state index is 11.4. The molecule has 1 fully saturated rings. The number of nitrogens with zero attached hydrogens (tertiary/aromatic N) is 1. The maximum atomic E-state index is 11.4. The Kier molecular flexibility index (Phi) is 4.71. The number of nitrogens with one attached hydrogen (secondary N) is 2. The second kappa shape index (κ2) is 6.74. The Morgan fingerprint density at radius 1 is 1.43 bits per heavy atom. The summed E-state index contributed by atoms with van der Waals surface area (Å²) in [6, 6.07) is 6.08. The van der Waals surface area contributed by atoms with Gasteiger partial charge in [-0.25, -0.2) is 5.43 Å². The molecule has 3 rings (SSSR count). The van der Waals surface area contributed by atoms with Crippen LogP contribution in [0.5, 0.6) is 0 Å². The third kappa shape index (κ3) is 3.75. The SMILES string of the molecule is CC1CC(=O)NN=C1c1ccc(CC2CCC2)cc1NC(=O)S. The largest absolute Gasteiger partial charge is 0.316 e. The molecule has 0 aromatic heterocycles. The van der Waals surface area contributed by atoms with E-state index in [0.717, 1.165) is 23.6 Å². The fraction of sp³-hybridized carbons (Fsp3) is 0.471. The molecule has 0 saturated heterocycles. The monoisotopic (exact) mass is 331 g/mol. The Bertz CT molecular complexity index is 668. The molecule has 1 aliphatic carbocycles. The fourth-order valence-electron chi connectivity index (χ4n) is 3.17. The smallest absolute Gasteiger partial charge is 0.280 e. The van der Waals surface area contributed by atoms with Crippen molar-refractivity contribution in [2.75, 3.05) is 5.32 Å². The molecule has 1 heterocycles. The van der Waals surface area contributed by atoms with Crippen LogP contribution in [0.4, 0.5) is 10.5 Å². The Labute approximate surface area is 141 Å². The van der Waals surface area contributed by atoms with Crippen LogP contribution in [-0.4, -0.2) is 16.9 Å². The number of amides is 2. The molecule has 2 aliphatic rings. The zero-order valence-electron chi connectivity index (χ0n) is 13.1. The van der Waals surface area contributed by atoms with Crippen LogP contribution in [0.15, 0.2) is 23.3 Å². The van der Waals surface area contributed by atoms with E-state index in [1.54, 1.807) is 0 Å². The average Bonchev–Trinajstić information content (AvgIpc) is 2.43. The fourth-order valence-corrected chi connectivity index (χ4v) is 3.29. The predicted molar refractivity (Wildman–Crippen MR) is 94.0 cm³/mol. The molecule has 6 heteroatoms. The lowest BCUT2D eigenvalue weighted by Gasteiger charge is -2.26. The van der Waals surface area contributed by atoms with Crippen molar-refractivity contribution in [2.24, 2.45) is 16.9 Å². The van der Waals surface area contributed by atoms with Gasteiger partial charge in [-0.1, -0.05) is 50.9 Å². The second-order valence-electron chi connectivity index (χ2n) is 6.45. The van der Waals surface area contributed by atoms with E-state index in [9.17, 15) is 9.59 Å². The van der Waals surface area contributed by atoms with E-state index >= 15 is 0 Å². The van der Waals surface area contributed by atoms with E-state index in [0.29, 0.717) is 12.1 Å². The van der Waals surface area contributed by atoms with Gasteiger partial charge in [0, 0.05) is 17.9 Å². The Morgan fingerprint density at radius 3 is 2.83 bits per heavy atom. The highest BCUT2D eigenvalue weighted by atomic mass is 32.1. The van der Waals surface area contributed by atoms with Gasteiger partial charge in [0.2, 0.25) is 5.91 Å². The second-order valence-corrected chi connectivity index (χ2v) is 6.85. The molecule has 5 nitrogen and oxygen atoms in total. The van der Waals surface area contributed by atoms with Crippen LogP contribution >= 0.6 is 12.6 Å². The number of benzene rings is 1. The Hall–Kier alpha value is -1.82. The van der Waals surface area contributed by atoms with Gasteiger partial charge in [0.15, 0.2) is 0 Å². The Balaban J connectivity index is 1.91. The van der Waals surface area contributed by atoms with E-state index < -0.39 is 5.24 Å². The molecule has 0 bridgehead atoms. The molecule has 1 atom stereocenters. The van der Waals surface area contributed by atoms with Gasteiger partial charge < -0.3 is 5.32 Å². The summed E-state index contributed by atoms with van der Waals surface area (Å²) in [5.41, 5.74) is 6.08. The van der Waals surface area contributed by atoms with E-state index in [1.807, 2.05) is 19.1 Å². The van der Waals surface area contributed by atoms with Crippen LogP contribution in [0.1, 0.15) is 43.7 Å². The molecule has 122 valence electrons. The average molecular weight is 331 g/mol. The van der Waals surface area contributed by atoms with Gasteiger partial charge in [0.25, 0.3) is 5.24 Å². The summed E-state index contributed by atoms with van der Waals surface area (Å²) in [4.78, 5) is 22.9. The first-order valence-electron chi connectivity index (χ1n) is 8.02. The molecule has 1 saturated carbocycles. The topological polar surface area (TPSA) is 70.6 Å². The van der Waals surface area contributed by atoms with Crippen LogP contribution in [0.25, 0.3) is 0 Å². The van der Waals surface area contributed by atoms with Crippen molar-refractivity contribution in [3.63, 3.8) is 0 Å². The molecule has 1 aromatic rings. The molecule has 23 heavy (non-hydrogen) atoms. The van der Waals surface area contributed by atoms with Crippen LogP contribution in [0.2, 0.25) is 0 Å². The lowest BCUT2D eigenvalue weighted by atomic mass is 9.80. The number of hydrazone groups is 1. The summed E-state index contributed by atoms with van der Waals surface area (Å²) in [6.45, 7) is 1.96. The highest BCUT2D eigenvalue weighted by molar-refractivity contribution is 7.96. The van der Waals surface area contributed by atoms with Gasteiger partial charge in [0.05, 0.1) is 11.4 Å². The van der Waals surface area contributed by atoms with Crippen molar-refractivity contribution in [1.82, 2.24) is 5.43 Å². The number of hydrogen-bond donors (Lipinski definition) is 3. The zero-order valence-corrected chi connectivity index (χ0v) is 14.0. The molecule has 0 radical (unpaired) electrons. The standard InChI is InChI=1S/C17H21N3O2S/c1-10-7-15(21)19-20-16(10)13-6-5-12(8-11-3-2-4-11)9-14(13)18-17(22)23/h5-6,9-11H,2-4,7-8H2,1H3,(H,19,21)(H2,18,22,23). The van der Waals surface area contributed by atoms with Crippen LogP contribution in [-0.2, 0) is 11.2 Å². The predicted octanol–water partition coefficient (Wildman–Crippen LogP) is 3.35. The summed E-state index contributed by atoms with van der Waals surface area (Å²) in [6.07, 6.45) is 5.32. The summed E-state index contributed by atoms with van der Waals surface area (Å²) in [5, 5.41) is 6.57. The summed E-state index contributed by atoms with van der Waals surface area (Å²) in [7, 11) is 0. The zero-order chi connectivity index (χ0) is 16.4. The first-order chi connectivity index (χ1) is 11.0. The Morgan fingerprint density at radius 2 is 2.22 bits per heavy atom. The number of anilines is 1. The molecule has 1 aliphatic heterocycles. The van der Waals surface area contributed by atoms with Crippen molar-refractivity contribution < 1.29 is 9.59 Å². The van der Waals surface area contributed by atoms with Crippen LogP contribution in [0, 0.1) is 11.8 Å². The molecule has 1 unspecified atom stereocenters. The van der Waals surface area contributed by atoms with Crippen molar-refractivity contribution in [3.8, 4) is 0 Å². The molecule has 1 aromatic carbocycles. The lowest BCUT2D eigenvalue weighted by molar-refractivity contribution is -0.121. The third-order valence-electron chi connectivity index (χ3n) is 4.61. The van der Waals surface area contributed by atoms with E-state index in [-0.39, 0.29) is 11.8 Å². The van der Waals surface area contributed by atoms with Gasteiger partial charge in [-0.05, 0) is 24.0 Å². The van der Waals surface area contributed by atoms with Gasteiger partial charge in [0.1, 0.15) is 0 Å². The number of thiol groups is 1. The summed E-state index contributed by atoms with van der Waals surface area (Å²) in [5.74, 6) is 0.685. The number of hydrogen-bond acceptors (Lipinski definition) is 3. The first kappa shape index (κ1) is 16.1. The highest BCUT2D eigenvalue weighted by Gasteiger charge is 2.24. The minimum Gasteiger partial charge on any atom is -0.316 e. The number of rotatable bonds is 4. The van der Waals surface area contributed by atoms with E-state index in [1.165, 1.54) is 24.8 Å². The minimum absolute atomic E-state index is 0.0109. The van der Waals surface area contributed by atoms with E-state index in [2.05, 4.69) is 34.5 Å². The third-order valence-corrected chi connectivity index (χ3v) is 4.72. The number of carbonyl (C=O) groups excluding carboxylic acids is 2. The molecular formula is C17H21N3O2S. The lowest BCUT2D eigenvalue weighted by Crippen LogP contribution is -2.32.